The quantitative estimate of drug-likeness (QED) is 0.615. The summed E-state index contributed by atoms with van der Waals surface area (Å²) in [5.41, 5.74) is -0.0698. The Morgan fingerprint density at radius 2 is 2.15 bits per heavy atom. The first-order valence-electron chi connectivity index (χ1n) is 4.97. The van der Waals surface area contributed by atoms with Gasteiger partial charge < -0.3 is 10.1 Å². The SMILES string of the molecule is C=CC(CC(C)(C)OC)NCCC. The molecule has 0 aromatic heterocycles. The number of hydrogen-bond acceptors (Lipinski definition) is 2. The van der Waals surface area contributed by atoms with Crippen LogP contribution in [0, 0.1) is 0 Å². The zero-order chi connectivity index (χ0) is 10.3. The van der Waals surface area contributed by atoms with Gasteiger partial charge in [0.15, 0.2) is 0 Å². The van der Waals surface area contributed by atoms with Crippen molar-refractivity contribution >= 4 is 0 Å². The van der Waals surface area contributed by atoms with Crippen molar-refractivity contribution in [1.29, 1.82) is 0 Å². The maximum absolute atomic E-state index is 5.36. The van der Waals surface area contributed by atoms with Crippen molar-refractivity contribution in [1.82, 2.24) is 5.32 Å². The molecule has 0 aliphatic carbocycles. The van der Waals surface area contributed by atoms with Gasteiger partial charge in [0.2, 0.25) is 0 Å². The van der Waals surface area contributed by atoms with E-state index in [0.29, 0.717) is 6.04 Å². The normalized spacial score (nSPS) is 14.2. The summed E-state index contributed by atoms with van der Waals surface area (Å²) in [4.78, 5) is 0. The van der Waals surface area contributed by atoms with Gasteiger partial charge in [-0.2, -0.15) is 0 Å². The molecule has 0 aliphatic rings. The first-order valence-corrected chi connectivity index (χ1v) is 4.97. The Bertz CT molecular complexity index is 143. The van der Waals surface area contributed by atoms with Gasteiger partial charge in [0, 0.05) is 13.2 Å². The van der Waals surface area contributed by atoms with Crippen LogP contribution in [-0.4, -0.2) is 25.3 Å². The Morgan fingerprint density at radius 3 is 2.54 bits per heavy atom. The van der Waals surface area contributed by atoms with Crippen LogP contribution in [0.2, 0.25) is 0 Å². The fraction of sp³-hybridized carbons (Fsp3) is 0.818. The Balaban J connectivity index is 3.89. The van der Waals surface area contributed by atoms with Gasteiger partial charge in [0.05, 0.1) is 5.60 Å². The standard InChI is InChI=1S/C11H23NO/c1-6-8-12-10(7-2)9-11(3,4)13-5/h7,10,12H,2,6,8-9H2,1,3-5H3. The average Bonchev–Trinajstić information content (AvgIpc) is 2.12. The molecule has 0 fully saturated rings. The number of nitrogens with one attached hydrogen (secondary N) is 1. The number of methoxy groups -OCH3 is 1. The van der Waals surface area contributed by atoms with Crippen LogP contribution in [0.4, 0.5) is 0 Å². The Labute approximate surface area is 82.4 Å². The van der Waals surface area contributed by atoms with Crippen LogP contribution in [0.15, 0.2) is 12.7 Å². The molecule has 1 unspecified atom stereocenters. The van der Waals surface area contributed by atoms with E-state index in [0.717, 1.165) is 19.4 Å². The minimum Gasteiger partial charge on any atom is -0.379 e. The molecule has 1 atom stereocenters. The molecule has 0 bridgehead atoms. The number of ether oxygens (including phenoxy) is 1. The Hall–Kier alpha value is -0.340. The van der Waals surface area contributed by atoms with Crippen LogP contribution in [0.25, 0.3) is 0 Å². The fourth-order valence-electron chi connectivity index (χ4n) is 1.18. The molecule has 0 aromatic rings. The minimum absolute atomic E-state index is 0.0698. The summed E-state index contributed by atoms with van der Waals surface area (Å²) in [5, 5.41) is 3.41. The predicted molar refractivity (Wildman–Crippen MR) is 58.0 cm³/mol. The molecule has 0 radical (unpaired) electrons. The highest BCUT2D eigenvalue weighted by molar-refractivity contribution is 4.90. The lowest BCUT2D eigenvalue weighted by Gasteiger charge is -2.27. The lowest BCUT2D eigenvalue weighted by atomic mass is 9.99. The van der Waals surface area contributed by atoms with E-state index in [1.165, 1.54) is 0 Å². The molecule has 0 amide bonds. The van der Waals surface area contributed by atoms with E-state index in [-0.39, 0.29) is 5.60 Å². The molecule has 0 heterocycles. The first-order chi connectivity index (χ1) is 6.05. The van der Waals surface area contributed by atoms with Gasteiger partial charge in [-0.3, -0.25) is 0 Å². The molecule has 0 saturated heterocycles. The van der Waals surface area contributed by atoms with Gasteiger partial charge in [0.25, 0.3) is 0 Å². The zero-order valence-electron chi connectivity index (χ0n) is 9.39. The molecule has 0 aliphatic heterocycles. The van der Waals surface area contributed by atoms with E-state index in [2.05, 4.69) is 32.7 Å². The van der Waals surface area contributed by atoms with Crippen molar-refractivity contribution in [2.24, 2.45) is 0 Å². The minimum atomic E-state index is -0.0698. The smallest absolute Gasteiger partial charge is 0.0640 e. The lowest BCUT2D eigenvalue weighted by molar-refractivity contribution is 0.0108. The molecule has 0 saturated carbocycles. The topological polar surface area (TPSA) is 21.3 Å². The molecule has 2 nitrogen and oxygen atoms in total. The summed E-state index contributed by atoms with van der Waals surface area (Å²) in [6.07, 6.45) is 4.07. The molecule has 2 heteroatoms. The molecule has 1 N–H and O–H groups in total. The maximum Gasteiger partial charge on any atom is 0.0640 e. The van der Waals surface area contributed by atoms with E-state index >= 15 is 0 Å². The molecule has 0 rings (SSSR count). The zero-order valence-corrected chi connectivity index (χ0v) is 9.39. The number of rotatable bonds is 7. The fourth-order valence-corrected chi connectivity index (χ4v) is 1.18. The van der Waals surface area contributed by atoms with Gasteiger partial charge in [-0.1, -0.05) is 13.0 Å². The third kappa shape index (κ3) is 5.83. The third-order valence-corrected chi connectivity index (χ3v) is 2.21. The van der Waals surface area contributed by atoms with E-state index in [1.54, 1.807) is 7.11 Å². The van der Waals surface area contributed by atoms with Crippen LogP contribution in [-0.2, 0) is 4.74 Å². The summed E-state index contributed by atoms with van der Waals surface area (Å²) >= 11 is 0. The van der Waals surface area contributed by atoms with Crippen LogP contribution in [0.3, 0.4) is 0 Å². The van der Waals surface area contributed by atoms with Gasteiger partial charge in [-0.05, 0) is 33.2 Å². The van der Waals surface area contributed by atoms with Crippen molar-refractivity contribution in [3.63, 3.8) is 0 Å². The molecule has 78 valence electrons. The van der Waals surface area contributed by atoms with Gasteiger partial charge in [0.1, 0.15) is 0 Å². The monoisotopic (exact) mass is 185 g/mol. The lowest BCUT2D eigenvalue weighted by Crippen LogP contribution is -2.36. The van der Waals surface area contributed by atoms with Gasteiger partial charge >= 0.3 is 0 Å². The summed E-state index contributed by atoms with van der Waals surface area (Å²) in [6, 6.07) is 0.356. The second kappa shape index (κ2) is 6.17. The van der Waals surface area contributed by atoms with E-state index in [4.69, 9.17) is 4.74 Å². The third-order valence-electron chi connectivity index (χ3n) is 2.21. The van der Waals surface area contributed by atoms with E-state index in [1.807, 2.05) is 6.08 Å². The predicted octanol–water partition coefficient (Wildman–Crippen LogP) is 2.36. The van der Waals surface area contributed by atoms with Crippen LogP contribution < -0.4 is 5.32 Å². The summed E-state index contributed by atoms with van der Waals surface area (Å²) in [6.45, 7) is 11.2. The highest BCUT2D eigenvalue weighted by Crippen LogP contribution is 2.15. The first kappa shape index (κ1) is 12.7. The van der Waals surface area contributed by atoms with E-state index in [9.17, 15) is 0 Å². The van der Waals surface area contributed by atoms with Crippen LogP contribution >= 0.6 is 0 Å². The van der Waals surface area contributed by atoms with Gasteiger partial charge in [-0.15, -0.1) is 6.58 Å². The van der Waals surface area contributed by atoms with Crippen molar-refractivity contribution < 1.29 is 4.74 Å². The van der Waals surface area contributed by atoms with Crippen molar-refractivity contribution in [2.75, 3.05) is 13.7 Å². The Kier molecular flexibility index (Phi) is 6.00. The van der Waals surface area contributed by atoms with Crippen molar-refractivity contribution in [2.45, 2.75) is 45.3 Å². The molecular weight excluding hydrogens is 162 g/mol. The van der Waals surface area contributed by atoms with Gasteiger partial charge in [-0.25, -0.2) is 0 Å². The number of hydrogen-bond donors (Lipinski definition) is 1. The summed E-state index contributed by atoms with van der Waals surface area (Å²) in [5.74, 6) is 0. The second-order valence-corrected chi connectivity index (χ2v) is 3.96. The van der Waals surface area contributed by atoms with E-state index < -0.39 is 0 Å². The van der Waals surface area contributed by atoms with Crippen LogP contribution in [0.5, 0.6) is 0 Å². The highest BCUT2D eigenvalue weighted by Gasteiger charge is 2.20. The largest absolute Gasteiger partial charge is 0.379 e. The molecule has 0 spiro atoms. The highest BCUT2D eigenvalue weighted by atomic mass is 16.5. The van der Waals surface area contributed by atoms with Crippen LogP contribution in [0.1, 0.15) is 33.6 Å². The Morgan fingerprint density at radius 1 is 1.54 bits per heavy atom. The molecular formula is C11H23NO. The maximum atomic E-state index is 5.36. The molecule has 0 aromatic carbocycles. The average molecular weight is 185 g/mol. The summed E-state index contributed by atoms with van der Waals surface area (Å²) < 4.78 is 5.36. The second-order valence-electron chi connectivity index (χ2n) is 3.96. The van der Waals surface area contributed by atoms with Crippen molar-refractivity contribution in [3.8, 4) is 0 Å². The summed E-state index contributed by atoms with van der Waals surface area (Å²) in [7, 11) is 1.75. The molecule has 13 heavy (non-hydrogen) atoms. The van der Waals surface area contributed by atoms with Crippen molar-refractivity contribution in [3.05, 3.63) is 12.7 Å².